The standard InChI is InChI=1S/C18H19N5.C4H8/c1-2-3-6-11-23-16-8-5-4-7-14(16)15-12-13(9-10-17(15)23)18(19)21-22-20;1-3-4-2/h2,4-5,7-10,12H,1,3,6,11H2,(H3,19,20,21);3-4H,1-2H3/b;4-3-. The summed E-state index contributed by atoms with van der Waals surface area (Å²) >= 11 is 0. The van der Waals surface area contributed by atoms with Gasteiger partial charge < -0.3 is 10.4 Å². The number of hydrogen-bond acceptors (Lipinski definition) is 2. The van der Waals surface area contributed by atoms with Crippen molar-refractivity contribution in [3.8, 4) is 0 Å². The Morgan fingerprint density at radius 1 is 1.11 bits per heavy atom. The van der Waals surface area contributed by atoms with E-state index < -0.39 is 0 Å². The highest BCUT2D eigenvalue weighted by Crippen LogP contribution is 2.30. The van der Waals surface area contributed by atoms with Gasteiger partial charge in [0.15, 0.2) is 5.84 Å². The zero-order valence-electron chi connectivity index (χ0n) is 16.0. The van der Waals surface area contributed by atoms with Crippen molar-refractivity contribution in [3.05, 3.63) is 72.8 Å². The number of allylic oxidation sites excluding steroid dienone is 3. The van der Waals surface area contributed by atoms with Crippen molar-refractivity contribution in [1.82, 2.24) is 4.57 Å². The van der Waals surface area contributed by atoms with Crippen molar-refractivity contribution in [2.24, 2.45) is 16.2 Å². The third kappa shape index (κ3) is 4.70. The van der Waals surface area contributed by atoms with Crippen LogP contribution < -0.4 is 5.84 Å². The van der Waals surface area contributed by atoms with Gasteiger partial charge in [0.2, 0.25) is 0 Å². The van der Waals surface area contributed by atoms with Crippen molar-refractivity contribution < 1.29 is 0 Å². The molecule has 140 valence electrons. The molecule has 1 heterocycles. The second-order valence-electron chi connectivity index (χ2n) is 6.06. The van der Waals surface area contributed by atoms with Crippen LogP contribution in [0.5, 0.6) is 0 Å². The average Bonchev–Trinajstić information content (AvgIpc) is 3.02. The van der Waals surface area contributed by atoms with Crippen molar-refractivity contribution in [2.45, 2.75) is 33.2 Å². The Morgan fingerprint density at radius 2 is 1.81 bits per heavy atom. The molecular weight excluding hydrogens is 334 g/mol. The Hall–Kier alpha value is -3.21. The van der Waals surface area contributed by atoms with Gasteiger partial charge in [0, 0.05) is 33.9 Å². The number of nitrogens with zero attached hydrogens (tertiary/aromatic N) is 3. The molecule has 0 aliphatic rings. The number of unbranched alkanes of at least 4 members (excludes halogenated alkanes) is 1. The van der Waals surface area contributed by atoms with E-state index in [1.54, 1.807) is 0 Å². The summed E-state index contributed by atoms with van der Waals surface area (Å²) in [4.78, 5) is 0. The molecule has 0 unspecified atom stereocenters. The van der Waals surface area contributed by atoms with E-state index in [1.807, 2.05) is 56.3 Å². The molecule has 1 aromatic heterocycles. The zero-order valence-corrected chi connectivity index (χ0v) is 16.0. The molecule has 0 fully saturated rings. The quantitative estimate of drug-likeness (QED) is 0.109. The lowest BCUT2D eigenvalue weighted by molar-refractivity contribution is 0.688. The van der Waals surface area contributed by atoms with E-state index in [0.29, 0.717) is 5.56 Å². The summed E-state index contributed by atoms with van der Waals surface area (Å²) in [6.07, 6.45) is 8.00. The SMILES string of the molecule is C/C=C\C.C=CCCCn1c2ccccc2c2cc(C(=N)N=NN)ccc21. The Morgan fingerprint density at radius 3 is 2.48 bits per heavy atom. The molecule has 0 aliphatic heterocycles. The fourth-order valence-corrected chi connectivity index (χ4v) is 2.95. The Balaban J connectivity index is 0.000000596. The lowest BCUT2D eigenvalue weighted by Crippen LogP contribution is -1.98. The number of para-hydroxylation sites is 1. The van der Waals surface area contributed by atoms with Crippen LogP contribution in [0.2, 0.25) is 0 Å². The highest BCUT2D eigenvalue weighted by atomic mass is 15.3. The number of amidine groups is 1. The van der Waals surface area contributed by atoms with Crippen LogP contribution in [0.3, 0.4) is 0 Å². The first kappa shape index (κ1) is 20.1. The van der Waals surface area contributed by atoms with Crippen LogP contribution in [-0.4, -0.2) is 10.4 Å². The number of benzene rings is 2. The molecule has 27 heavy (non-hydrogen) atoms. The van der Waals surface area contributed by atoms with Crippen LogP contribution in [0, 0.1) is 5.41 Å². The number of aryl methyl sites for hydroxylation is 1. The fraction of sp³-hybridized carbons (Fsp3) is 0.227. The molecule has 0 saturated heterocycles. The highest BCUT2D eigenvalue weighted by Gasteiger charge is 2.11. The summed E-state index contributed by atoms with van der Waals surface area (Å²) in [5.74, 6) is 5.11. The second-order valence-corrected chi connectivity index (χ2v) is 6.06. The first-order valence-electron chi connectivity index (χ1n) is 9.07. The first-order chi connectivity index (χ1) is 13.2. The van der Waals surface area contributed by atoms with Gasteiger partial charge in [-0.05, 0) is 51.0 Å². The lowest BCUT2D eigenvalue weighted by atomic mass is 10.1. The van der Waals surface area contributed by atoms with E-state index in [4.69, 9.17) is 11.3 Å². The number of hydrogen-bond donors (Lipinski definition) is 2. The molecule has 5 nitrogen and oxygen atoms in total. The van der Waals surface area contributed by atoms with E-state index in [1.165, 1.54) is 10.9 Å². The maximum absolute atomic E-state index is 7.90. The smallest absolute Gasteiger partial charge is 0.176 e. The summed E-state index contributed by atoms with van der Waals surface area (Å²) in [5.41, 5.74) is 3.08. The molecule has 0 saturated carbocycles. The minimum atomic E-state index is 0.0675. The molecule has 0 amide bonds. The lowest BCUT2D eigenvalue weighted by Gasteiger charge is -2.06. The van der Waals surface area contributed by atoms with Crippen molar-refractivity contribution >= 4 is 27.6 Å². The summed E-state index contributed by atoms with van der Waals surface area (Å²) in [6.45, 7) is 8.73. The molecule has 0 spiro atoms. The maximum Gasteiger partial charge on any atom is 0.176 e. The predicted octanol–water partition coefficient (Wildman–Crippen LogP) is 5.99. The fourth-order valence-electron chi connectivity index (χ4n) is 2.95. The number of nitrogens with two attached hydrogens (primary N) is 1. The molecule has 0 radical (unpaired) electrons. The highest BCUT2D eigenvalue weighted by molar-refractivity contribution is 6.11. The Kier molecular flexibility index (Phi) is 7.49. The summed E-state index contributed by atoms with van der Waals surface area (Å²) < 4.78 is 2.33. The molecule has 3 aromatic rings. The van der Waals surface area contributed by atoms with E-state index >= 15 is 0 Å². The molecular formula is C22H27N5. The third-order valence-electron chi connectivity index (χ3n) is 4.33. The van der Waals surface area contributed by atoms with Crippen molar-refractivity contribution in [3.63, 3.8) is 0 Å². The Labute approximate surface area is 160 Å². The van der Waals surface area contributed by atoms with Gasteiger partial charge in [-0.3, -0.25) is 5.41 Å². The van der Waals surface area contributed by atoms with E-state index in [9.17, 15) is 0 Å². The van der Waals surface area contributed by atoms with Crippen molar-refractivity contribution in [1.29, 1.82) is 5.41 Å². The van der Waals surface area contributed by atoms with Gasteiger partial charge >= 0.3 is 0 Å². The predicted molar refractivity (Wildman–Crippen MR) is 115 cm³/mol. The maximum atomic E-state index is 7.90. The van der Waals surface area contributed by atoms with Gasteiger partial charge in [-0.25, -0.2) is 0 Å². The first-order valence-corrected chi connectivity index (χ1v) is 9.07. The third-order valence-corrected chi connectivity index (χ3v) is 4.33. The molecule has 3 N–H and O–H groups in total. The van der Waals surface area contributed by atoms with Crippen LogP contribution >= 0.6 is 0 Å². The largest absolute Gasteiger partial charge is 0.340 e. The van der Waals surface area contributed by atoms with Crippen LogP contribution in [-0.2, 0) is 6.54 Å². The van der Waals surface area contributed by atoms with Crippen LogP contribution in [0.1, 0.15) is 32.3 Å². The van der Waals surface area contributed by atoms with Crippen LogP contribution in [0.25, 0.3) is 21.8 Å². The zero-order chi connectivity index (χ0) is 19.6. The summed E-state index contributed by atoms with van der Waals surface area (Å²) in [6, 6.07) is 14.2. The van der Waals surface area contributed by atoms with Gasteiger partial charge in [0.05, 0.1) is 0 Å². The van der Waals surface area contributed by atoms with Gasteiger partial charge in [0.25, 0.3) is 0 Å². The van der Waals surface area contributed by atoms with E-state index in [0.717, 1.165) is 30.3 Å². The van der Waals surface area contributed by atoms with Gasteiger partial charge in [-0.2, -0.15) is 0 Å². The summed E-state index contributed by atoms with van der Waals surface area (Å²) in [7, 11) is 0. The van der Waals surface area contributed by atoms with Gasteiger partial charge in [0.1, 0.15) is 0 Å². The average molecular weight is 361 g/mol. The van der Waals surface area contributed by atoms with E-state index in [2.05, 4.69) is 39.7 Å². The monoisotopic (exact) mass is 361 g/mol. The minimum Gasteiger partial charge on any atom is -0.340 e. The molecule has 0 atom stereocenters. The normalized spacial score (nSPS) is 11.2. The molecule has 3 rings (SSSR count). The molecule has 5 heteroatoms. The topological polar surface area (TPSA) is 79.5 Å². The minimum absolute atomic E-state index is 0.0675. The number of fused-ring (bicyclic) bond motifs is 3. The number of aromatic nitrogens is 1. The van der Waals surface area contributed by atoms with Crippen molar-refractivity contribution in [2.75, 3.05) is 0 Å². The number of nitrogens with one attached hydrogen (secondary N) is 1. The molecule has 2 aromatic carbocycles. The Bertz CT molecular complexity index is 975. The second kappa shape index (κ2) is 10.1. The van der Waals surface area contributed by atoms with Gasteiger partial charge in [-0.1, -0.05) is 41.7 Å². The molecule has 0 aliphatic carbocycles. The number of rotatable bonds is 5. The van der Waals surface area contributed by atoms with Crippen LogP contribution in [0.4, 0.5) is 0 Å². The van der Waals surface area contributed by atoms with Crippen LogP contribution in [0.15, 0.2) is 77.6 Å². The van der Waals surface area contributed by atoms with E-state index in [-0.39, 0.29) is 5.84 Å². The van der Waals surface area contributed by atoms with Gasteiger partial charge in [-0.15, -0.1) is 11.7 Å². The molecule has 0 bridgehead atoms. The summed E-state index contributed by atoms with van der Waals surface area (Å²) in [5, 5.41) is 17.0.